The SMILES string of the molecule is COc1ccccc1Cc1nc2sc(C(=O)O)c(C)c2c(=O)n1CCCC(N)=O. The quantitative estimate of drug-likeness (QED) is 0.582. The van der Waals surface area contributed by atoms with Crippen molar-refractivity contribution in [2.75, 3.05) is 7.11 Å². The molecule has 2 aromatic heterocycles. The molecule has 2 heterocycles. The standard InChI is InChI=1S/C20H21N3O5S/c1-11-16-18(29-17(11)20(26)27)22-15(10-12-6-3-4-7-13(12)28-2)23(19(16)25)9-5-8-14(21)24/h3-4,6-7H,5,8-10H2,1-2H3,(H2,21,24)(H,26,27). The molecule has 0 unspecified atom stereocenters. The number of rotatable bonds is 8. The Balaban J connectivity index is 2.16. The van der Waals surface area contributed by atoms with Gasteiger partial charge in [-0.2, -0.15) is 0 Å². The van der Waals surface area contributed by atoms with Crippen LogP contribution in [0.5, 0.6) is 5.75 Å². The van der Waals surface area contributed by atoms with E-state index in [4.69, 9.17) is 10.5 Å². The molecule has 3 N–H and O–H groups in total. The number of aryl methyl sites for hydroxylation is 1. The zero-order valence-corrected chi connectivity index (χ0v) is 16.9. The molecule has 9 heteroatoms. The predicted octanol–water partition coefficient (Wildman–Crippen LogP) is 2.33. The first-order valence-corrected chi connectivity index (χ1v) is 9.81. The highest BCUT2D eigenvalue weighted by molar-refractivity contribution is 7.20. The highest BCUT2D eigenvalue weighted by atomic mass is 32.1. The summed E-state index contributed by atoms with van der Waals surface area (Å²) in [6.45, 7) is 1.87. The Morgan fingerprint density at radius 2 is 2.03 bits per heavy atom. The van der Waals surface area contributed by atoms with Crippen LogP contribution < -0.4 is 16.0 Å². The number of carbonyl (C=O) groups excluding carboxylic acids is 1. The van der Waals surface area contributed by atoms with Crippen LogP contribution in [0.25, 0.3) is 10.2 Å². The number of benzene rings is 1. The molecule has 0 radical (unpaired) electrons. The highest BCUT2D eigenvalue weighted by Gasteiger charge is 2.21. The second kappa shape index (κ2) is 8.44. The van der Waals surface area contributed by atoms with Crippen molar-refractivity contribution >= 4 is 33.4 Å². The van der Waals surface area contributed by atoms with Crippen LogP contribution in [0, 0.1) is 6.92 Å². The van der Waals surface area contributed by atoms with Crippen molar-refractivity contribution in [1.29, 1.82) is 0 Å². The van der Waals surface area contributed by atoms with Gasteiger partial charge in [0.05, 0.1) is 12.5 Å². The minimum absolute atomic E-state index is 0.0997. The third-order valence-electron chi connectivity index (χ3n) is 4.67. The van der Waals surface area contributed by atoms with Crippen molar-refractivity contribution < 1.29 is 19.4 Å². The van der Waals surface area contributed by atoms with Gasteiger partial charge in [0.1, 0.15) is 21.3 Å². The summed E-state index contributed by atoms with van der Waals surface area (Å²) >= 11 is 0.989. The largest absolute Gasteiger partial charge is 0.496 e. The molecule has 0 saturated carbocycles. The van der Waals surface area contributed by atoms with E-state index in [-0.39, 0.29) is 23.4 Å². The maximum absolute atomic E-state index is 13.2. The zero-order valence-electron chi connectivity index (χ0n) is 16.1. The van der Waals surface area contributed by atoms with E-state index < -0.39 is 11.9 Å². The summed E-state index contributed by atoms with van der Waals surface area (Å²) in [5.41, 5.74) is 6.16. The number of para-hydroxylation sites is 1. The van der Waals surface area contributed by atoms with E-state index in [9.17, 15) is 19.5 Å². The Morgan fingerprint density at radius 3 is 2.69 bits per heavy atom. The minimum Gasteiger partial charge on any atom is -0.496 e. The molecular formula is C20H21N3O5S. The molecule has 8 nitrogen and oxygen atoms in total. The van der Waals surface area contributed by atoms with Crippen LogP contribution in [0.2, 0.25) is 0 Å². The zero-order chi connectivity index (χ0) is 21.1. The van der Waals surface area contributed by atoms with Gasteiger partial charge in [0.25, 0.3) is 5.56 Å². The summed E-state index contributed by atoms with van der Waals surface area (Å²) < 4.78 is 6.89. The lowest BCUT2D eigenvalue weighted by atomic mass is 10.1. The molecule has 0 spiro atoms. The molecule has 3 rings (SSSR count). The summed E-state index contributed by atoms with van der Waals surface area (Å²) in [5.74, 6) is -0.386. The lowest BCUT2D eigenvalue weighted by Gasteiger charge is -2.14. The summed E-state index contributed by atoms with van der Waals surface area (Å²) in [7, 11) is 1.57. The molecule has 152 valence electrons. The maximum Gasteiger partial charge on any atom is 0.346 e. The number of aromatic nitrogens is 2. The lowest BCUT2D eigenvalue weighted by molar-refractivity contribution is -0.118. The van der Waals surface area contributed by atoms with Gasteiger partial charge >= 0.3 is 5.97 Å². The number of carbonyl (C=O) groups is 2. The number of nitrogens with two attached hydrogens (primary N) is 1. The van der Waals surface area contributed by atoms with Gasteiger partial charge in [0.2, 0.25) is 5.91 Å². The van der Waals surface area contributed by atoms with Gasteiger partial charge in [-0.1, -0.05) is 18.2 Å². The van der Waals surface area contributed by atoms with Crippen LogP contribution in [-0.2, 0) is 17.8 Å². The van der Waals surface area contributed by atoms with Crippen LogP contribution >= 0.6 is 11.3 Å². The van der Waals surface area contributed by atoms with E-state index in [2.05, 4.69) is 4.98 Å². The van der Waals surface area contributed by atoms with Crippen molar-refractivity contribution in [2.45, 2.75) is 32.7 Å². The van der Waals surface area contributed by atoms with E-state index in [1.54, 1.807) is 14.0 Å². The molecule has 1 amide bonds. The molecule has 0 fully saturated rings. The van der Waals surface area contributed by atoms with Crippen molar-refractivity contribution in [1.82, 2.24) is 9.55 Å². The molecular weight excluding hydrogens is 394 g/mol. The van der Waals surface area contributed by atoms with Crippen molar-refractivity contribution in [2.24, 2.45) is 5.73 Å². The average molecular weight is 415 g/mol. The van der Waals surface area contributed by atoms with Crippen molar-refractivity contribution in [3.8, 4) is 5.75 Å². The first kappa shape index (κ1) is 20.5. The first-order chi connectivity index (χ1) is 13.8. The van der Waals surface area contributed by atoms with Crippen LogP contribution in [0.4, 0.5) is 0 Å². The number of hydrogen-bond acceptors (Lipinski definition) is 6. The van der Waals surface area contributed by atoms with E-state index in [1.807, 2.05) is 24.3 Å². The minimum atomic E-state index is -1.09. The summed E-state index contributed by atoms with van der Waals surface area (Å²) in [6.07, 6.45) is 0.850. The third kappa shape index (κ3) is 4.14. The van der Waals surface area contributed by atoms with E-state index >= 15 is 0 Å². The van der Waals surface area contributed by atoms with E-state index in [0.29, 0.717) is 40.2 Å². The fraction of sp³-hybridized carbons (Fsp3) is 0.300. The molecule has 29 heavy (non-hydrogen) atoms. The van der Waals surface area contributed by atoms with Crippen LogP contribution in [0.1, 0.15) is 39.5 Å². The number of ether oxygens (including phenoxy) is 1. The van der Waals surface area contributed by atoms with Gasteiger partial charge < -0.3 is 15.6 Å². The van der Waals surface area contributed by atoms with Crippen molar-refractivity contribution in [3.05, 3.63) is 56.4 Å². The number of methoxy groups -OCH3 is 1. The second-order valence-electron chi connectivity index (χ2n) is 6.58. The molecule has 0 bridgehead atoms. The third-order valence-corrected chi connectivity index (χ3v) is 5.84. The van der Waals surface area contributed by atoms with Gasteiger partial charge in [-0.05, 0) is 25.0 Å². The number of aromatic carboxylic acids is 1. The smallest absolute Gasteiger partial charge is 0.346 e. The fourth-order valence-electron chi connectivity index (χ4n) is 3.26. The Hall–Kier alpha value is -3.20. The van der Waals surface area contributed by atoms with Gasteiger partial charge in [0, 0.05) is 24.9 Å². The van der Waals surface area contributed by atoms with Crippen LogP contribution in [-0.4, -0.2) is 33.6 Å². The Morgan fingerprint density at radius 1 is 1.31 bits per heavy atom. The highest BCUT2D eigenvalue weighted by Crippen LogP contribution is 2.28. The fourth-order valence-corrected chi connectivity index (χ4v) is 4.29. The normalized spacial score (nSPS) is 11.0. The molecule has 0 saturated heterocycles. The Kier molecular flexibility index (Phi) is 5.97. The number of hydrogen-bond donors (Lipinski definition) is 2. The topological polar surface area (TPSA) is 125 Å². The lowest BCUT2D eigenvalue weighted by Crippen LogP contribution is -2.26. The molecule has 3 aromatic rings. The number of thiophene rings is 1. The van der Waals surface area contributed by atoms with Gasteiger partial charge in [0.15, 0.2) is 0 Å². The van der Waals surface area contributed by atoms with E-state index in [1.165, 1.54) is 4.57 Å². The monoisotopic (exact) mass is 415 g/mol. The Labute approximate surface area is 170 Å². The first-order valence-electron chi connectivity index (χ1n) is 8.99. The summed E-state index contributed by atoms with van der Waals surface area (Å²) in [6, 6.07) is 7.41. The molecule has 0 aliphatic heterocycles. The predicted molar refractivity (Wildman–Crippen MR) is 110 cm³/mol. The number of nitrogens with zero attached hydrogens (tertiary/aromatic N) is 2. The Bertz CT molecular complexity index is 1150. The van der Waals surface area contributed by atoms with E-state index in [0.717, 1.165) is 16.9 Å². The number of primary amides is 1. The maximum atomic E-state index is 13.2. The number of carboxylic acid groups (broad SMARTS) is 1. The van der Waals surface area contributed by atoms with Gasteiger partial charge in [-0.3, -0.25) is 14.2 Å². The average Bonchev–Trinajstić information content (AvgIpc) is 3.01. The number of carboxylic acids is 1. The number of fused-ring (bicyclic) bond motifs is 1. The molecule has 0 aliphatic rings. The second-order valence-corrected chi connectivity index (χ2v) is 7.58. The van der Waals surface area contributed by atoms with Crippen LogP contribution in [0.3, 0.4) is 0 Å². The summed E-state index contributed by atoms with van der Waals surface area (Å²) in [5, 5.41) is 9.71. The number of amides is 1. The molecule has 1 aromatic carbocycles. The van der Waals surface area contributed by atoms with Crippen molar-refractivity contribution in [3.63, 3.8) is 0 Å². The van der Waals surface area contributed by atoms with Gasteiger partial charge in [-0.25, -0.2) is 9.78 Å². The molecule has 0 aliphatic carbocycles. The van der Waals surface area contributed by atoms with Crippen LogP contribution in [0.15, 0.2) is 29.1 Å². The van der Waals surface area contributed by atoms with Gasteiger partial charge in [-0.15, -0.1) is 11.3 Å². The summed E-state index contributed by atoms with van der Waals surface area (Å²) in [4.78, 5) is 40.9. The molecule has 0 atom stereocenters.